The van der Waals surface area contributed by atoms with Gasteiger partial charge >= 0.3 is 6.18 Å². The third kappa shape index (κ3) is 4.78. The molecule has 0 saturated heterocycles. The Kier molecular flexibility index (Phi) is 5.34. The molecule has 2 N–H and O–H groups in total. The molecule has 0 saturated carbocycles. The molecule has 1 atom stereocenters. The number of alkyl halides is 3. The number of halogens is 3. The Hall–Kier alpha value is -3.03. The van der Waals surface area contributed by atoms with E-state index in [-0.39, 0.29) is 29.7 Å². The molecule has 3 rings (SSSR count). The van der Waals surface area contributed by atoms with Crippen LogP contribution in [0.15, 0.2) is 48.5 Å². The van der Waals surface area contributed by atoms with E-state index >= 15 is 0 Å². The number of carbonyl (C=O) groups excluding carboxylic acids is 2. The second kappa shape index (κ2) is 7.69. The largest absolute Gasteiger partial charge is 0.484 e. The van der Waals surface area contributed by atoms with Crippen LogP contribution in [0.1, 0.15) is 28.3 Å². The van der Waals surface area contributed by atoms with Crippen LogP contribution in [0.5, 0.6) is 5.75 Å². The van der Waals surface area contributed by atoms with E-state index in [2.05, 4.69) is 15.4 Å². The Bertz CT molecular complexity index is 852. The van der Waals surface area contributed by atoms with E-state index in [0.717, 1.165) is 11.3 Å². The van der Waals surface area contributed by atoms with Crippen molar-refractivity contribution in [1.82, 2.24) is 5.32 Å². The molecule has 1 aliphatic heterocycles. The van der Waals surface area contributed by atoms with Crippen LogP contribution in [0.3, 0.4) is 0 Å². The molecule has 1 unspecified atom stereocenters. The van der Waals surface area contributed by atoms with Crippen LogP contribution in [-0.2, 0) is 4.79 Å². The normalized spacial score (nSPS) is 15.8. The van der Waals surface area contributed by atoms with Crippen LogP contribution in [0, 0.1) is 0 Å². The maximum Gasteiger partial charge on any atom is 0.422 e. The maximum absolute atomic E-state index is 12.2. The van der Waals surface area contributed by atoms with Gasteiger partial charge in [-0.05, 0) is 36.2 Å². The van der Waals surface area contributed by atoms with Gasteiger partial charge in [0.05, 0.1) is 5.92 Å². The maximum atomic E-state index is 12.2. The molecule has 0 aliphatic carbocycles. The molecular formula is C19H17F3N2O3. The van der Waals surface area contributed by atoms with Crippen molar-refractivity contribution < 1.29 is 27.5 Å². The summed E-state index contributed by atoms with van der Waals surface area (Å²) in [4.78, 5) is 24.3. The van der Waals surface area contributed by atoms with Crippen molar-refractivity contribution in [3.05, 3.63) is 59.7 Å². The minimum atomic E-state index is -4.45. The first kappa shape index (κ1) is 18.8. The van der Waals surface area contributed by atoms with Crippen molar-refractivity contribution in [1.29, 1.82) is 0 Å². The zero-order valence-electron chi connectivity index (χ0n) is 14.2. The van der Waals surface area contributed by atoms with Gasteiger partial charge in [0, 0.05) is 17.8 Å². The molecule has 2 amide bonds. The lowest BCUT2D eigenvalue weighted by molar-refractivity contribution is -0.153. The van der Waals surface area contributed by atoms with E-state index < -0.39 is 18.7 Å². The summed E-state index contributed by atoms with van der Waals surface area (Å²) in [5.74, 6) is -0.945. The fourth-order valence-corrected chi connectivity index (χ4v) is 2.89. The SMILES string of the molecule is O=C(NCCC1C(=O)Nc2ccccc21)c1cccc(OCC(F)(F)F)c1. The lowest BCUT2D eigenvalue weighted by atomic mass is 9.97. The Morgan fingerprint density at radius 1 is 1.15 bits per heavy atom. The van der Waals surface area contributed by atoms with Crippen LogP contribution in [0.4, 0.5) is 18.9 Å². The third-order valence-corrected chi connectivity index (χ3v) is 4.13. The zero-order valence-corrected chi connectivity index (χ0v) is 14.2. The number of ether oxygens (including phenoxy) is 1. The standard InChI is InChI=1S/C19H17F3N2O3/c20-19(21,22)11-27-13-5-3-4-12(10-13)17(25)23-9-8-15-14-6-1-2-7-16(14)24-18(15)26/h1-7,10,15H,8-9,11H2,(H,23,25)(H,24,26). The average Bonchev–Trinajstić information content (AvgIpc) is 2.95. The molecule has 8 heteroatoms. The number of anilines is 1. The smallest absolute Gasteiger partial charge is 0.422 e. The number of fused-ring (bicyclic) bond motifs is 1. The molecule has 0 spiro atoms. The monoisotopic (exact) mass is 378 g/mol. The van der Waals surface area contributed by atoms with Gasteiger partial charge < -0.3 is 15.4 Å². The number of hydrogen-bond donors (Lipinski definition) is 2. The van der Waals surface area contributed by atoms with E-state index in [0.29, 0.717) is 6.42 Å². The van der Waals surface area contributed by atoms with Crippen molar-refractivity contribution in [2.24, 2.45) is 0 Å². The van der Waals surface area contributed by atoms with Gasteiger partial charge in [-0.15, -0.1) is 0 Å². The second-order valence-electron chi connectivity index (χ2n) is 6.11. The molecule has 0 fully saturated rings. The van der Waals surface area contributed by atoms with Crippen molar-refractivity contribution in [3.63, 3.8) is 0 Å². The van der Waals surface area contributed by atoms with Gasteiger partial charge in [-0.3, -0.25) is 9.59 Å². The number of carbonyl (C=O) groups is 2. The fourth-order valence-electron chi connectivity index (χ4n) is 2.89. The van der Waals surface area contributed by atoms with Crippen molar-refractivity contribution >= 4 is 17.5 Å². The van der Waals surface area contributed by atoms with Crippen molar-refractivity contribution in [2.45, 2.75) is 18.5 Å². The Morgan fingerprint density at radius 3 is 2.70 bits per heavy atom. The number of rotatable bonds is 6. The average molecular weight is 378 g/mol. The van der Waals surface area contributed by atoms with Crippen LogP contribution in [-0.4, -0.2) is 31.1 Å². The molecule has 142 valence electrons. The van der Waals surface area contributed by atoms with E-state index in [1.54, 1.807) is 0 Å². The summed E-state index contributed by atoms with van der Waals surface area (Å²) in [5, 5.41) is 5.47. The molecule has 2 aromatic rings. The predicted molar refractivity (Wildman–Crippen MR) is 92.8 cm³/mol. The minimum Gasteiger partial charge on any atom is -0.484 e. The first-order valence-corrected chi connectivity index (χ1v) is 8.31. The summed E-state index contributed by atoms with van der Waals surface area (Å²) < 4.78 is 41.3. The summed E-state index contributed by atoms with van der Waals surface area (Å²) in [6, 6.07) is 12.9. The summed E-state index contributed by atoms with van der Waals surface area (Å²) in [5.41, 5.74) is 1.85. The molecule has 1 heterocycles. The highest BCUT2D eigenvalue weighted by atomic mass is 19.4. The lowest BCUT2D eigenvalue weighted by Gasteiger charge is -2.12. The quantitative estimate of drug-likeness (QED) is 0.809. The number of benzene rings is 2. The summed E-state index contributed by atoms with van der Waals surface area (Å²) in [7, 11) is 0. The minimum absolute atomic E-state index is 0.0379. The van der Waals surface area contributed by atoms with Crippen LogP contribution >= 0.6 is 0 Å². The third-order valence-electron chi connectivity index (χ3n) is 4.13. The van der Waals surface area contributed by atoms with Gasteiger partial charge in [-0.2, -0.15) is 13.2 Å². The Morgan fingerprint density at radius 2 is 1.93 bits per heavy atom. The topological polar surface area (TPSA) is 67.4 Å². The zero-order chi connectivity index (χ0) is 19.4. The predicted octanol–water partition coefficient (Wildman–Crippen LogP) is 3.48. The molecule has 2 aromatic carbocycles. The molecule has 1 aliphatic rings. The van der Waals surface area contributed by atoms with Crippen LogP contribution in [0.25, 0.3) is 0 Å². The molecule has 5 nitrogen and oxygen atoms in total. The van der Waals surface area contributed by atoms with Gasteiger partial charge in [0.15, 0.2) is 6.61 Å². The fraction of sp³-hybridized carbons (Fsp3) is 0.263. The lowest BCUT2D eigenvalue weighted by Crippen LogP contribution is -2.27. The van der Waals surface area contributed by atoms with Gasteiger partial charge in [0.1, 0.15) is 5.75 Å². The van der Waals surface area contributed by atoms with Crippen LogP contribution in [0.2, 0.25) is 0 Å². The van der Waals surface area contributed by atoms with E-state index in [4.69, 9.17) is 0 Å². The highest BCUT2D eigenvalue weighted by Crippen LogP contribution is 2.33. The van der Waals surface area contributed by atoms with E-state index in [1.165, 1.54) is 24.3 Å². The van der Waals surface area contributed by atoms with Gasteiger partial charge in [-0.1, -0.05) is 24.3 Å². The first-order chi connectivity index (χ1) is 12.8. The van der Waals surface area contributed by atoms with Gasteiger partial charge in [0.25, 0.3) is 5.91 Å². The number of nitrogens with one attached hydrogen (secondary N) is 2. The molecule has 27 heavy (non-hydrogen) atoms. The molecule has 0 bridgehead atoms. The number of para-hydroxylation sites is 1. The summed E-state index contributed by atoms with van der Waals surface area (Å²) in [6.07, 6.45) is -4.03. The Labute approximate surface area is 153 Å². The highest BCUT2D eigenvalue weighted by molar-refractivity contribution is 6.02. The summed E-state index contributed by atoms with van der Waals surface area (Å²) >= 11 is 0. The molecule has 0 aromatic heterocycles. The first-order valence-electron chi connectivity index (χ1n) is 8.31. The Balaban J connectivity index is 1.55. The highest BCUT2D eigenvalue weighted by Gasteiger charge is 2.30. The number of amides is 2. The summed E-state index contributed by atoms with van der Waals surface area (Å²) in [6.45, 7) is -1.17. The number of hydrogen-bond acceptors (Lipinski definition) is 3. The van der Waals surface area contributed by atoms with Crippen molar-refractivity contribution in [3.8, 4) is 5.75 Å². The van der Waals surface area contributed by atoms with E-state index in [9.17, 15) is 22.8 Å². The van der Waals surface area contributed by atoms with E-state index in [1.807, 2.05) is 24.3 Å². The van der Waals surface area contributed by atoms with Crippen molar-refractivity contribution in [2.75, 3.05) is 18.5 Å². The van der Waals surface area contributed by atoms with Gasteiger partial charge in [0.2, 0.25) is 5.91 Å². The van der Waals surface area contributed by atoms with Gasteiger partial charge in [-0.25, -0.2) is 0 Å². The van der Waals surface area contributed by atoms with Crippen LogP contribution < -0.4 is 15.4 Å². The molecule has 0 radical (unpaired) electrons. The molecular weight excluding hydrogens is 361 g/mol. The second-order valence-corrected chi connectivity index (χ2v) is 6.11.